The fourth-order valence-corrected chi connectivity index (χ4v) is 4.62. The Labute approximate surface area is 250 Å². The number of carbonyl (C=O) groups is 3. The zero-order valence-electron chi connectivity index (χ0n) is 25.6. The van der Waals surface area contributed by atoms with Gasteiger partial charge in [0.15, 0.2) is 0 Å². The van der Waals surface area contributed by atoms with Crippen LogP contribution >= 0.6 is 0 Å². The molecule has 3 rings (SSSR count). The first-order chi connectivity index (χ1) is 20.0. The summed E-state index contributed by atoms with van der Waals surface area (Å²) in [7, 11) is 1.51. The van der Waals surface area contributed by atoms with Crippen LogP contribution in [0.1, 0.15) is 56.9 Å². The molecule has 0 spiro atoms. The van der Waals surface area contributed by atoms with Gasteiger partial charge in [0.2, 0.25) is 5.91 Å². The molecule has 0 saturated carbocycles. The van der Waals surface area contributed by atoms with Crippen LogP contribution in [0, 0.1) is 0 Å². The number of nitrogens with one attached hydrogen (secondary N) is 1. The van der Waals surface area contributed by atoms with Crippen LogP contribution in [0.5, 0.6) is 0 Å². The van der Waals surface area contributed by atoms with Gasteiger partial charge in [0.1, 0.15) is 5.60 Å². The molecule has 1 N–H and O–H groups in total. The Morgan fingerprint density at radius 2 is 1.72 bits per heavy atom. The Balaban J connectivity index is 1.76. The molecule has 0 bridgehead atoms. The Kier molecular flexibility index (Phi) is 10.9. The number of hydrogen-bond donors (Lipinski definition) is 1. The number of amides is 3. The molecule has 9 nitrogen and oxygen atoms in total. The first kappa shape index (κ1) is 33.5. The lowest BCUT2D eigenvalue weighted by atomic mass is 9.98. The molecule has 236 valence electrons. The van der Waals surface area contributed by atoms with Crippen molar-refractivity contribution < 1.29 is 37.0 Å². The van der Waals surface area contributed by atoms with Crippen LogP contribution in [0.15, 0.2) is 42.5 Å². The first-order valence-corrected chi connectivity index (χ1v) is 14.2. The van der Waals surface area contributed by atoms with E-state index in [1.807, 2.05) is 18.2 Å². The molecule has 0 aliphatic carbocycles. The summed E-state index contributed by atoms with van der Waals surface area (Å²) in [5.41, 5.74) is 0.996. The monoisotopic (exact) mass is 606 g/mol. The molecule has 43 heavy (non-hydrogen) atoms. The lowest BCUT2D eigenvalue weighted by Crippen LogP contribution is -2.43. The summed E-state index contributed by atoms with van der Waals surface area (Å²) in [6.07, 6.45) is -5.27. The van der Waals surface area contributed by atoms with Crippen molar-refractivity contribution in [2.75, 3.05) is 38.5 Å². The van der Waals surface area contributed by atoms with Gasteiger partial charge < -0.3 is 29.5 Å². The summed E-state index contributed by atoms with van der Waals surface area (Å²) in [6.45, 7) is 9.13. The molecule has 0 fully saturated rings. The van der Waals surface area contributed by atoms with Crippen molar-refractivity contribution in [2.45, 2.75) is 72.0 Å². The van der Waals surface area contributed by atoms with Crippen molar-refractivity contribution in [1.82, 2.24) is 14.7 Å². The van der Waals surface area contributed by atoms with Crippen molar-refractivity contribution in [1.29, 1.82) is 0 Å². The van der Waals surface area contributed by atoms with Crippen LogP contribution in [0.25, 0.3) is 0 Å². The highest BCUT2D eigenvalue weighted by Crippen LogP contribution is 2.32. The third kappa shape index (κ3) is 9.79. The van der Waals surface area contributed by atoms with E-state index in [1.54, 1.807) is 39.5 Å². The summed E-state index contributed by atoms with van der Waals surface area (Å²) >= 11 is 0. The minimum atomic E-state index is -4.59. The largest absolute Gasteiger partial charge is 0.447 e. The van der Waals surface area contributed by atoms with Gasteiger partial charge in [-0.3, -0.25) is 4.79 Å². The van der Waals surface area contributed by atoms with E-state index in [0.29, 0.717) is 25.2 Å². The normalized spacial score (nSPS) is 13.3. The number of halogens is 3. The number of alkyl halides is 3. The number of nitrogens with zero attached hydrogens (tertiary/aromatic N) is 3. The molecule has 1 aliphatic rings. The lowest BCUT2D eigenvalue weighted by molar-refractivity contribution is -0.139. The number of likely N-dealkylation sites (N-methyl/N-ethyl adjacent to an activating group) is 1. The van der Waals surface area contributed by atoms with E-state index in [-0.39, 0.29) is 43.9 Å². The first-order valence-electron chi connectivity index (χ1n) is 14.2. The highest BCUT2D eigenvalue weighted by molar-refractivity contribution is 5.81. The minimum Gasteiger partial charge on any atom is -0.447 e. The second kappa shape index (κ2) is 14.0. The number of hydrogen-bond acceptors (Lipinski definition) is 6. The van der Waals surface area contributed by atoms with E-state index in [4.69, 9.17) is 9.47 Å². The molecule has 12 heteroatoms. The Hall–Kier alpha value is -3.96. The van der Waals surface area contributed by atoms with Gasteiger partial charge in [-0.2, -0.15) is 13.2 Å². The van der Waals surface area contributed by atoms with Crippen LogP contribution in [-0.2, 0) is 40.0 Å². The number of carbonyl (C=O) groups excluding carboxylic acids is 3. The molecule has 0 radical (unpaired) electrons. The number of fused-ring (bicyclic) bond motifs is 1. The molecular formula is C31H41F3N4O5. The topological polar surface area (TPSA) is 91.4 Å². The van der Waals surface area contributed by atoms with Gasteiger partial charge in [-0.05, 0) is 69.9 Å². The van der Waals surface area contributed by atoms with Crippen molar-refractivity contribution in [3.8, 4) is 0 Å². The Morgan fingerprint density at radius 1 is 1.02 bits per heavy atom. The fraction of sp³-hybridized carbons (Fsp3) is 0.516. The van der Waals surface area contributed by atoms with Crippen molar-refractivity contribution in [2.24, 2.45) is 0 Å². The van der Waals surface area contributed by atoms with Gasteiger partial charge in [0.25, 0.3) is 0 Å². The van der Waals surface area contributed by atoms with Crippen LogP contribution in [0.3, 0.4) is 0 Å². The van der Waals surface area contributed by atoms with E-state index < -0.39 is 29.3 Å². The predicted octanol–water partition coefficient (Wildman–Crippen LogP) is 5.92. The highest BCUT2D eigenvalue weighted by atomic mass is 19.4. The molecular weight excluding hydrogens is 565 g/mol. The predicted molar refractivity (Wildman–Crippen MR) is 156 cm³/mol. The summed E-state index contributed by atoms with van der Waals surface area (Å²) < 4.78 is 51.9. The van der Waals surface area contributed by atoms with E-state index in [0.717, 1.165) is 17.2 Å². The van der Waals surface area contributed by atoms with Gasteiger partial charge in [0.05, 0.1) is 18.2 Å². The molecule has 2 aromatic carbocycles. The molecule has 1 aliphatic heterocycles. The van der Waals surface area contributed by atoms with Crippen LogP contribution < -0.4 is 5.32 Å². The van der Waals surface area contributed by atoms with Gasteiger partial charge >= 0.3 is 18.4 Å². The fourth-order valence-electron chi connectivity index (χ4n) is 4.62. The molecule has 0 unspecified atom stereocenters. The average Bonchev–Trinajstić information content (AvgIpc) is 2.91. The zero-order valence-corrected chi connectivity index (χ0v) is 25.6. The van der Waals surface area contributed by atoms with E-state index >= 15 is 0 Å². The van der Waals surface area contributed by atoms with E-state index in [9.17, 15) is 27.6 Å². The van der Waals surface area contributed by atoms with E-state index in [2.05, 4.69) is 5.32 Å². The third-order valence-corrected chi connectivity index (χ3v) is 6.74. The second-order valence-corrected chi connectivity index (χ2v) is 11.8. The average molecular weight is 607 g/mol. The van der Waals surface area contributed by atoms with Gasteiger partial charge in [0, 0.05) is 45.5 Å². The standard InChI is InChI=1S/C31H41F3N4O5/c1-21(2)42-29(41)38-15-14-24-22(19-38)11-9-13-26(24)35-18-27(39)37(17-16-36(6)28(40)43-30(3,4)5)20-23-10-7-8-12-25(23)31(32,33)34/h7-13,21,35H,14-20H2,1-6H3. The maximum Gasteiger partial charge on any atom is 0.416 e. The molecule has 0 atom stereocenters. The van der Waals surface area contributed by atoms with Gasteiger partial charge in [-0.25, -0.2) is 9.59 Å². The van der Waals surface area contributed by atoms with E-state index in [1.165, 1.54) is 35.0 Å². The van der Waals surface area contributed by atoms with Gasteiger partial charge in [-0.15, -0.1) is 0 Å². The zero-order chi connectivity index (χ0) is 31.9. The quantitative estimate of drug-likeness (QED) is 0.381. The molecule has 1 heterocycles. The Bertz CT molecular complexity index is 1290. The number of benzene rings is 2. The van der Waals surface area contributed by atoms with Crippen molar-refractivity contribution in [3.05, 3.63) is 64.7 Å². The maximum absolute atomic E-state index is 13.7. The minimum absolute atomic E-state index is 0.0116. The molecule has 0 saturated heterocycles. The van der Waals surface area contributed by atoms with Crippen molar-refractivity contribution in [3.63, 3.8) is 0 Å². The van der Waals surface area contributed by atoms with Crippen LogP contribution in [0.4, 0.5) is 28.4 Å². The number of anilines is 1. The number of ether oxygens (including phenoxy) is 2. The molecule has 2 aromatic rings. The summed E-state index contributed by atoms with van der Waals surface area (Å²) in [4.78, 5) is 42.5. The Morgan fingerprint density at radius 3 is 2.37 bits per heavy atom. The van der Waals surface area contributed by atoms with Gasteiger partial charge in [-0.1, -0.05) is 30.3 Å². The van der Waals surface area contributed by atoms with Crippen LogP contribution in [-0.4, -0.2) is 77.7 Å². The van der Waals surface area contributed by atoms with Crippen LogP contribution in [0.2, 0.25) is 0 Å². The molecule has 0 aromatic heterocycles. The summed E-state index contributed by atoms with van der Waals surface area (Å²) in [5.74, 6) is -0.440. The number of rotatable bonds is 9. The maximum atomic E-state index is 13.7. The third-order valence-electron chi connectivity index (χ3n) is 6.74. The second-order valence-electron chi connectivity index (χ2n) is 11.8. The summed E-state index contributed by atoms with van der Waals surface area (Å²) in [6, 6.07) is 10.7. The van der Waals surface area contributed by atoms with Crippen molar-refractivity contribution >= 4 is 23.8 Å². The lowest BCUT2D eigenvalue weighted by Gasteiger charge is -2.31. The highest BCUT2D eigenvalue weighted by Gasteiger charge is 2.34. The smallest absolute Gasteiger partial charge is 0.416 e. The molecule has 3 amide bonds. The summed E-state index contributed by atoms with van der Waals surface area (Å²) in [5, 5.41) is 3.15. The SMILES string of the molecule is CC(C)OC(=O)N1CCc2c(cccc2NCC(=O)N(CCN(C)C(=O)OC(C)(C)C)Cc2ccccc2C(F)(F)F)C1.